The third-order valence-corrected chi connectivity index (χ3v) is 7.17. The molecule has 34 heavy (non-hydrogen) atoms. The number of benzene rings is 2. The van der Waals surface area contributed by atoms with Gasteiger partial charge in [-0.3, -0.25) is 4.79 Å². The molecule has 0 saturated carbocycles. The summed E-state index contributed by atoms with van der Waals surface area (Å²) >= 11 is 7.02. The fourth-order valence-corrected chi connectivity index (χ4v) is 5.13. The number of para-hydroxylation sites is 1. The zero-order valence-corrected chi connectivity index (χ0v) is 20.6. The average molecular weight is 495 g/mol. The van der Waals surface area contributed by atoms with Gasteiger partial charge in [0.2, 0.25) is 0 Å². The number of thiocarbonyl (C=S) groups is 1. The Labute approximate surface area is 208 Å². The van der Waals surface area contributed by atoms with Gasteiger partial charge in [0.05, 0.1) is 5.01 Å². The summed E-state index contributed by atoms with van der Waals surface area (Å²) < 4.78 is 13.3. The molecule has 176 valence electrons. The first kappa shape index (κ1) is 24.0. The summed E-state index contributed by atoms with van der Waals surface area (Å²) in [5.74, 6) is -0.228. The van der Waals surface area contributed by atoms with Crippen molar-refractivity contribution in [2.24, 2.45) is 0 Å². The van der Waals surface area contributed by atoms with Crippen molar-refractivity contribution in [1.29, 1.82) is 0 Å². The summed E-state index contributed by atoms with van der Waals surface area (Å²) in [6, 6.07) is 13.7. The molecule has 1 saturated heterocycles. The molecule has 0 unspecified atom stereocenters. The highest BCUT2D eigenvalue weighted by atomic mass is 32.1. The Morgan fingerprint density at radius 2 is 1.91 bits per heavy atom. The number of carbonyl (C=O) groups is 1. The lowest BCUT2D eigenvalue weighted by atomic mass is 9.98. The van der Waals surface area contributed by atoms with Crippen LogP contribution in [0.25, 0.3) is 11.1 Å². The van der Waals surface area contributed by atoms with Gasteiger partial charge in [-0.25, -0.2) is 9.37 Å². The van der Waals surface area contributed by atoms with Crippen LogP contribution in [0.4, 0.5) is 10.1 Å². The number of thiazole rings is 1. The number of hydrogen-bond acceptors (Lipinski definition) is 4. The van der Waals surface area contributed by atoms with Crippen molar-refractivity contribution in [1.82, 2.24) is 15.2 Å². The summed E-state index contributed by atoms with van der Waals surface area (Å²) in [5.41, 5.74) is 3.78. The Hall–Kier alpha value is -3.10. The van der Waals surface area contributed by atoms with Crippen molar-refractivity contribution < 1.29 is 9.18 Å². The predicted octanol–water partition coefficient (Wildman–Crippen LogP) is 5.83. The third-order valence-electron chi connectivity index (χ3n) is 5.76. The molecule has 5 nitrogen and oxygen atoms in total. The molecule has 0 aliphatic carbocycles. The van der Waals surface area contributed by atoms with Crippen LogP contribution >= 0.6 is 23.6 Å². The minimum atomic E-state index is -0.295. The molecule has 3 aromatic rings. The zero-order valence-electron chi connectivity index (χ0n) is 19.0. The van der Waals surface area contributed by atoms with Crippen LogP contribution < -0.4 is 10.6 Å². The first-order valence-corrected chi connectivity index (χ1v) is 12.5. The van der Waals surface area contributed by atoms with E-state index in [1.54, 1.807) is 12.1 Å². The largest absolute Gasteiger partial charge is 0.359 e. The number of amides is 1. The Morgan fingerprint density at radius 3 is 2.62 bits per heavy atom. The zero-order chi connectivity index (χ0) is 24.1. The van der Waals surface area contributed by atoms with Gasteiger partial charge in [-0.05, 0) is 55.7 Å². The molecule has 1 aromatic heterocycles. The second-order valence-electron chi connectivity index (χ2n) is 8.45. The lowest BCUT2D eigenvalue weighted by Crippen LogP contribution is -2.44. The number of nitrogens with zero attached hydrogens (tertiary/aromatic N) is 2. The minimum absolute atomic E-state index is 0.250. The number of rotatable bonds is 6. The molecule has 1 fully saturated rings. The van der Waals surface area contributed by atoms with Gasteiger partial charge in [0.15, 0.2) is 5.11 Å². The predicted molar refractivity (Wildman–Crippen MR) is 141 cm³/mol. The summed E-state index contributed by atoms with van der Waals surface area (Å²) in [4.78, 5) is 19.8. The molecular formula is C26H27FN4OS2. The molecule has 1 amide bonds. The van der Waals surface area contributed by atoms with Crippen molar-refractivity contribution >= 4 is 40.3 Å². The van der Waals surface area contributed by atoms with Crippen LogP contribution in [0.3, 0.4) is 0 Å². The number of carbonyl (C=O) groups excluding carboxylic acids is 1. The Morgan fingerprint density at radius 1 is 1.21 bits per heavy atom. The van der Waals surface area contributed by atoms with Crippen molar-refractivity contribution in [2.75, 3.05) is 25.0 Å². The smallest absolute Gasteiger partial charge is 0.275 e. The standard InChI is InChI=1S/C26H27FN4OS2/c1-17(2)15-28-26(33)31-13-11-19(12-14-31)25-30-23(16-34-25)24(32)29-22-6-4-3-5-21(22)18-7-9-20(27)10-8-18/h3-10,16,19H,1,11-15H2,2H3,(H,28,33)(H,29,32). The summed E-state index contributed by atoms with van der Waals surface area (Å²) in [6.07, 6.45) is 1.88. The second kappa shape index (κ2) is 10.9. The number of hydrogen-bond donors (Lipinski definition) is 2. The summed E-state index contributed by atoms with van der Waals surface area (Å²) in [7, 11) is 0. The van der Waals surface area contributed by atoms with E-state index in [1.165, 1.54) is 23.5 Å². The quantitative estimate of drug-likeness (QED) is 0.333. The van der Waals surface area contributed by atoms with Gasteiger partial charge in [0, 0.05) is 42.2 Å². The fraction of sp³-hybridized carbons (Fsp3) is 0.269. The van der Waals surface area contributed by atoms with E-state index in [9.17, 15) is 9.18 Å². The lowest BCUT2D eigenvalue weighted by molar-refractivity contribution is 0.102. The van der Waals surface area contributed by atoms with Gasteiger partial charge in [-0.1, -0.05) is 42.5 Å². The highest BCUT2D eigenvalue weighted by Crippen LogP contribution is 2.32. The molecule has 0 spiro atoms. The third kappa shape index (κ3) is 5.87. The Balaban J connectivity index is 1.38. The molecule has 1 aliphatic rings. The van der Waals surface area contributed by atoms with Crippen molar-refractivity contribution in [3.05, 3.63) is 82.6 Å². The number of piperidine rings is 1. The highest BCUT2D eigenvalue weighted by molar-refractivity contribution is 7.80. The normalized spacial score (nSPS) is 14.0. The fourth-order valence-electron chi connectivity index (χ4n) is 3.91. The molecule has 0 bridgehead atoms. The summed E-state index contributed by atoms with van der Waals surface area (Å²) in [6.45, 7) is 8.28. The van der Waals surface area contributed by atoms with Crippen LogP contribution in [0.2, 0.25) is 0 Å². The topological polar surface area (TPSA) is 57.3 Å². The molecule has 2 heterocycles. The number of halogens is 1. The molecule has 0 radical (unpaired) electrons. The van der Waals surface area contributed by atoms with E-state index in [4.69, 9.17) is 12.2 Å². The van der Waals surface area contributed by atoms with Gasteiger partial charge >= 0.3 is 0 Å². The van der Waals surface area contributed by atoms with Crippen molar-refractivity contribution in [2.45, 2.75) is 25.7 Å². The number of likely N-dealkylation sites (tertiary alicyclic amines) is 1. The van der Waals surface area contributed by atoms with Crippen LogP contribution in [0, 0.1) is 5.82 Å². The monoisotopic (exact) mass is 494 g/mol. The SMILES string of the molecule is C=C(C)CNC(=S)N1CCC(c2nc(C(=O)Nc3ccccc3-c3ccc(F)cc3)cs2)CC1. The van der Waals surface area contributed by atoms with Crippen LogP contribution in [0.15, 0.2) is 66.1 Å². The average Bonchev–Trinajstić information content (AvgIpc) is 3.34. The maximum absolute atomic E-state index is 13.3. The molecule has 2 aromatic carbocycles. The molecule has 1 aliphatic heterocycles. The van der Waals surface area contributed by atoms with E-state index in [2.05, 4.69) is 27.1 Å². The lowest BCUT2D eigenvalue weighted by Gasteiger charge is -2.33. The molecule has 8 heteroatoms. The molecule has 2 N–H and O–H groups in total. The van der Waals surface area contributed by atoms with Crippen LogP contribution in [0.1, 0.15) is 41.2 Å². The van der Waals surface area contributed by atoms with E-state index in [0.717, 1.165) is 52.8 Å². The van der Waals surface area contributed by atoms with Gasteiger partial charge in [0.25, 0.3) is 5.91 Å². The minimum Gasteiger partial charge on any atom is -0.359 e. The van der Waals surface area contributed by atoms with Crippen LogP contribution in [-0.4, -0.2) is 40.5 Å². The van der Waals surface area contributed by atoms with E-state index >= 15 is 0 Å². The van der Waals surface area contributed by atoms with Gasteiger partial charge < -0.3 is 15.5 Å². The molecule has 0 atom stereocenters. The van der Waals surface area contributed by atoms with Gasteiger partial charge in [-0.15, -0.1) is 11.3 Å². The Bertz CT molecular complexity index is 1180. The number of anilines is 1. The van der Waals surface area contributed by atoms with Crippen molar-refractivity contribution in [3.63, 3.8) is 0 Å². The maximum Gasteiger partial charge on any atom is 0.275 e. The van der Waals surface area contributed by atoms with Crippen molar-refractivity contribution in [3.8, 4) is 11.1 Å². The molecule has 4 rings (SSSR count). The Kier molecular flexibility index (Phi) is 7.70. The van der Waals surface area contributed by atoms with E-state index < -0.39 is 0 Å². The first-order valence-electron chi connectivity index (χ1n) is 11.2. The number of aromatic nitrogens is 1. The van der Waals surface area contributed by atoms with Gasteiger partial charge in [-0.2, -0.15) is 0 Å². The maximum atomic E-state index is 13.3. The highest BCUT2D eigenvalue weighted by Gasteiger charge is 2.25. The summed E-state index contributed by atoms with van der Waals surface area (Å²) in [5, 5.41) is 9.78. The first-order chi connectivity index (χ1) is 16.4. The van der Waals surface area contributed by atoms with E-state index in [1.807, 2.05) is 36.6 Å². The molecular weight excluding hydrogens is 467 g/mol. The second-order valence-corrected chi connectivity index (χ2v) is 9.73. The number of nitrogens with one attached hydrogen (secondary N) is 2. The van der Waals surface area contributed by atoms with E-state index in [-0.39, 0.29) is 11.7 Å². The van der Waals surface area contributed by atoms with Crippen LogP contribution in [-0.2, 0) is 0 Å². The van der Waals surface area contributed by atoms with Gasteiger partial charge in [0.1, 0.15) is 11.5 Å². The van der Waals surface area contributed by atoms with E-state index in [0.29, 0.717) is 23.8 Å². The van der Waals surface area contributed by atoms with Crippen LogP contribution in [0.5, 0.6) is 0 Å².